The van der Waals surface area contributed by atoms with E-state index in [4.69, 9.17) is 9.47 Å². The molecule has 0 bridgehead atoms. The fourth-order valence-corrected chi connectivity index (χ4v) is 2.27. The number of hydrogen-bond donors (Lipinski definition) is 2. The highest BCUT2D eigenvalue weighted by Gasteiger charge is 2.18. The first kappa shape index (κ1) is 20.0. The highest BCUT2D eigenvalue weighted by molar-refractivity contribution is 5.72. The van der Waals surface area contributed by atoms with E-state index in [1.807, 2.05) is 25.8 Å². The summed E-state index contributed by atoms with van der Waals surface area (Å²) in [6, 6.07) is 5.20. The van der Waals surface area contributed by atoms with E-state index in [9.17, 15) is 19.7 Å². The number of nitrogens with zero attached hydrogens (tertiary/aromatic N) is 1. The summed E-state index contributed by atoms with van der Waals surface area (Å²) in [5, 5.41) is 11.1. The van der Waals surface area contributed by atoms with Crippen LogP contribution in [0.2, 0.25) is 0 Å². The highest BCUT2D eigenvalue weighted by Crippen LogP contribution is 2.30. The first-order valence-electron chi connectivity index (χ1n) is 8.48. The number of ether oxygens (including phenoxy) is 2. The third-order valence-electron chi connectivity index (χ3n) is 3.74. The molecule has 1 atom stereocenters. The molecule has 0 aliphatic rings. The van der Waals surface area contributed by atoms with Crippen LogP contribution in [0.5, 0.6) is 11.5 Å². The van der Waals surface area contributed by atoms with Crippen LogP contribution in [0, 0.1) is 10.1 Å². The smallest absolute Gasteiger partial charge is 0.357 e. The standard InChI is InChI=1S/C18H21N3O6/c1-4-11(3)27-14-9-7-12(10-15(14)26-5-2)6-8-13-16(21(24)25)17(22)20-18(23)19-13/h6-11H,4-5H2,1-3H3,(H2,19,20,22,23). The fraction of sp³-hybridized carbons (Fsp3) is 0.333. The van der Waals surface area contributed by atoms with E-state index in [1.54, 1.807) is 18.2 Å². The molecule has 1 aromatic carbocycles. The number of aromatic amines is 2. The Labute approximate surface area is 154 Å². The fourth-order valence-electron chi connectivity index (χ4n) is 2.27. The number of hydrogen-bond acceptors (Lipinski definition) is 6. The zero-order valence-electron chi connectivity index (χ0n) is 15.3. The number of H-pyrrole nitrogens is 2. The average Bonchev–Trinajstić information content (AvgIpc) is 2.60. The van der Waals surface area contributed by atoms with Crippen LogP contribution in [0.3, 0.4) is 0 Å². The summed E-state index contributed by atoms with van der Waals surface area (Å²) in [6.45, 7) is 6.25. The van der Waals surface area contributed by atoms with Crippen molar-refractivity contribution < 1.29 is 14.4 Å². The van der Waals surface area contributed by atoms with Gasteiger partial charge in [0.1, 0.15) is 5.69 Å². The first-order chi connectivity index (χ1) is 12.8. The summed E-state index contributed by atoms with van der Waals surface area (Å²) in [6.07, 6.45) is 3.70. The lowest BCUT2D eigenvalue weighted by Gasteiger charge is -2.16. The number of aromatic nitrogens is 2. The minimum atomic E-state index is -1.06. The Morgan fingerprint density at radius 3 is 2.56 bits per heavy atom. The SMILES string of the molecule is CCOc1cc(C=Cc2[nH]c(=O)[nH]c(=O)c2[N+](=O)[O-])ccc1OC(C)CC. The van der Waals surface area contributed by atoms with E-state index in [0.29, 0.717) is 23.7 Å². The summed E-state index contributed by atoms with van der Waals surface area (Å²) < 4.78 is 11.4. The summed E-state index contributed by atoms with van der Waals surface area (Å²) in [5.41, 5.74) is -2.14. The minimum absolute atomic E-state index is 0.0226. The lowest BCUT2D eigenvalue weighted by molar-refractivity contribution is -0.386. The highest BCUT2D eigenvalue weighted by atomic mass is 16.6. The average molecular weight is 375 g/mol. The van der Waals surface area contributed by atoms with Gasteiger partial charge in [0, 0.05) is 0 Å². The molecule has 1 aromatic heterocycles. The summed E-state index contributed by atoms with van der Waals surface area (Å²) in [4.78, 5) is 37.4. The van der Waals surface area contributed by atoms with Crippen molar-refractivity contribution in [3.8, 4) is 11.5 Å². The van der Waals surface area contributed by atoms with Gasteiger partial charge in [0.15, 0.2) is 11.5 Å². The second-order valence-electron chi connectivity index (χ2n) is 5.74. The molecule has 0 aliphatic heterocycles. The normalized spacial score (nSPS) is 12.1. The van der Waals surface area contributed by atoms with Crippen molar-refractivity contribution in [1.82, 2.24) is 9.97 Å². The molecule has 9 nitrogen and oxygen atoms in total. The van der Waals surface area contributed by atoms with E-state index >= 15 is 0 Å². The topological polar surface area (TPSA) is 127 Å². The van der Waals surface area contributed by atoms with Crippen LogP contribution in [0.15, 0.2) is 27.8 Å². The minimum Gasteiger partial charge on any atom is -0.490 e. The summed E-state index contributed by atoms with van der Waals surface area (Å²) in [5.74, 6) is 1.13. The molecule has 144 valence electrons. The zero-order valence-corrected chi connectivity index (χ0v) is 15.3. The molecule has 0 aliphatic carbocycles. The maximum atomic E-state index is 11.6. The lowest BCUT2D eigenvalue weighted by atomic mass is 10.1. The van der Waals surface area contributed by atoms with Crippen molar-refractivity contribution in [2.75, 3.05) is 6.61 Å². The second kappa shape index (κ2) is 8.84. The number of nitrogens with one attached hydrogen (secondary N) is 2. The second-order valence-corrected chi connectivity index (χ2v) is 5.74. The molecule has 2 aromatic rings. The van der Waals surface area contributed by atoms with Gasteiger partial charge in [-0.25, -0.2) is 4.79 Å². The maximum absolute atomic E-state index is 11.6. The van der Waals surface area contributed by atoms with Crippen LogP contribution >= 0.6 is 0 Å². The quantitative estimate of drug-likeness (QED) is 0.539. The first-order valence-corrected chi connectivity index (χ1v) is 8.48. The monoisotopic (exact) mass is 375 g/mol. The van der Waals surface area contributed by atoms with Crippen molar-refractivity contribution in [3.05, 3.63) is 60.4 Å². The molecule has 2 rings (SSSR count). The Bertz CT molecular complexity index is 960. The molecule has 27 heavy (non-hydrogen) atoms. The molecule has 9 heteroatoms. The van der Waals surface area contributed by atoms with E-state index in [-0.39, 0.29) is 11.8 Å². The van der Waals surface area contributed by atoms with Crippen molar-refractivity contribution in [2.24, 2.45) is 0 Å². The Morgan fingerprint density at radius 1 is 1.19 bits per heavy atom. The van der Waals surface area contributed by atoms with Crippen molar-refractivity contribution >= 4 is 17.8 Å². The number of benzene rings is 1. The Balaban J connectivity index is 2.40. The van der Waals surface area contributed by atoms with E-state index in [1.165, 1.54) is 12.2 Å². The molecule has 0 fully saturated rings. The third kappa shape index (κ3) is 5.06. The van der Waals surface area contributed by atoms with Crippen LogP contribution in [0.25, 0.3) is 12.2 Å². The molecule has 0 radical (unpaired) electrons. The predicted molar refractivity (Wildman–Crippen MR) is 101 cm³/mol. The Hall–Kier alpha value is -3.36. The van der Waals surface area contributed by atoms with Gasteiger partial charge < -0.3 is 14.5 Å². The zero-order chi connectivity index (χ0) is 20.0. The molecular weight excluding hydrogens is 354 g/mol. The summed E-state index contributed by atoms with van der Waals surface area (Å²) in [7, 11) is 0. The van der Waals surface area contributed by atoms with Crippen LogP contribution in [0.4, 0.5) is 5.69 Å². The molecule has 0 spiro atoms. The van der Waals surface area contributed by atoms with Gasteiger partial charge in [-0.05, 0) is 44.0 Å². The van der Waals surface area contributed by atoms with Gasteiger partial charge in [-0.3, -0.25) is 19.9 Å². The predicted octanol–water partition coefficient (Wildman–Crippen LogP) is 2.72. The van der Waals surface area contributed by atoms with Crippen LogP contribution < -0.4 is 20.7 Å². The van der Waals surface area contributed by atoms with Gasteiger partial charge in [0.25, 0.3) is 0 Å². The van der Waals surface area contributed by atoms with Gasteiger partial charge in [-0.1, -0.05) is 19.1 Å². The molecular formula is C18H21N3O6. The van der Waals surface area contributed by atoms with E-state index in [2.05, 4.69) is 4.98 Å². The van der Waals surface area contributed by atoms with Gasteiger partial charge >= 0.3 is 16.9 Å². The summed E-state index contributed by atoms with van der Waals surface area (Å²) >= 11 is 0. The largest absolute Gasteiger partial charge is 0.490 e. The molecule has 1 heterocycles. The van der Waals surface area contributed by atoms with Gasteiger partial charge in [-0.2, -0.15) is 0 Å². The molecule has 0 saturated heterocycles. The lowest BCUT2D eigenvalue weighted by Crippen LogP contribution is -2.25. The van der Waals surface area contributed by atoms with Gasteiger partial charge in [0.05, 0.1) is 17.6 Å². The molecule has 0 amide bonds. The molecule has 1 unspecified atom stereocenters. The van der Waals surface area contributed by atoms with Crippen molar-refractivity contribution in [1.29, 1.82) is 0 Å². The third-order valence-corrected chi connectivity index (χ3v) is 3.74. The van der Waals surface area contributed by atoms with E-state index in [0.717, 1.165) is 6.42 Å². The Morgan fingerprint density at radius 2 is 1.93 bits per heavy atom. The molecule has 0 saturated carbocycles. The Kier molecular flexibility index (Phi) is 6.53. The number of nitro groups is 1. The van der Waals surface area contributed by atoms with E-state index < -0.39 is 21.9 Å². The van der Waals surface area contributed by atoms with Gasteiger partial charge in [-0.15, -0.1) is 0 Å². The van der Waals surface area contributed by atoms with Crippen molar-refractivity contribution in [3.63, 3.8) is 0 Å². The maximum Gasteiger partial charge on any atom is 0.357 e. The number of rotatable bonds is 8. The van der Waals surface area contributed by atoms with Crippen LogP contribution in [-0.4, -0.2) is 27.6 Å². The molecule has 2 N–H and O–H groups in total. The van der Waals surface area contributed by atoms with Gasteiger partial charge in [0.2, 0.25) is 0 Å². The van der Waals surface area contributed by atoms with Crippen molar-refractivity contribution in [2.45, 2.75) is 33.3 Å². The van der Waals surface area contributed by atoms with Crippen LogP contribution in [-0.2, 0) is 0 Å². The van der Waals surface area contributed by atoms with Crippen LogP contribution in [0.1, 0.15) is 38.4 Å².